The molecule has 1 aliphatic carbocycles. The lowest BCUT2D eigenvalue weighted by Gasteiger charge is -2.39. The molecule has 1 unspecified atom stereocenters. The highest BCUT2D eigenvalue weighted by atomic mass is 16.5. The number of piperidine rings is 1. The van der Waals surface area contributed by atoms with E-state index in [0.717, 1.165) is 28.8 Å². The quantitative estimate of drug-likeness (QED) is 0.328. The topological polar surface area (TPSA) is 108 Å². The molecule has 0 aromatic heterocycles. The molecule has 3 aromatic carbocycles. The Kier molecular flexibility index (Phi) is 8.69. The number of alkyl carbamates (subject to hydrolysis) is 1. The summed E-state index contributed by atoms with van der Waals surface area (Å²) in [5, 5.41) is 15.6. The average Bonchev–Trinajstić information content (AvgIpc) is 3.31. The molecule has 1 heterocycles. The van der Waals surface area contributed by atoms with E-state index in [1.54, 1.807) is 0 Å². The molecule has 1 fully saturated rings. The van der Waals surface area contributed by atoms with Crippen LogP contribution in [0.2, 0.25) is 0 Å². The van der Waals surface area contributed by atoms with Gasteiger partial charge in [-0.1, -0.05) is 85.8 Å². The van der Waals surface area contributed by atoms with Crippen LogP contribution in [0.5, 0.6) is 0 Å². The molecule has 8 heteroatoms. The van der Waals surface area contributed by atoms with Crippen molar-refractivity contribution < 1.29 is 24.2 Å². The van der Waals surface area contributed by atoms with Crippen molar-refractivity contribution in [3.05, 3.63) is 95.6 Å². The number of rotatable bonds is 10. The van der Waals surface area contributed by atoms with E-state index < -0.39 is 29.6 Å². The minimum Gasteiger partial charge on any atom is -0.480 e. The molecule has 214 valence electrons. The number of aliphatic carboxylic acids is 1. The fraction of sp³-hybridized carbons (Fsp3) is 0.364. The van der Waals surface area contributed by atoms with E-state index >= 15 is 0 Å². The second-order valence-corrected chi connectivity index (χ2v) is 11.0. The standard InChI is InChI=1S/C33H37N3O5/c1-2-24(34-32(40)41-22-29-27-14-8-6-12-25(27)26-13-7-9-15-28(26)29)20-30(37)35-33(31(38)39)16-18-36(19-17-33)21-23-10-4-3-5-11-23/h3-15,24,29H,2,16-22H2,1H3,(H,34,40)(H,35,37)(H,38,39). The van der Waals surface area contributed by atoms with Crippen molar-refractivity contribution in [2.45, 2.75) is 56.7 Å². The summed E-state index contributed by atoms with van der Waals surface area (Å²) in [7, 11) is 0. The smallest absolute Gasteiger partial charge is 0.407 e. The molecule has 0 saturated carbocycles. The maximum absolute atomic E-state index is 13.0. The van der Waals surface area contributed by atoms with Gasteiger partial charge in [0.05, 0.1) is 0 Å². The van der Waals surface area contributed by atoms with Gasteiger partial charge < -0.3 is 20.5 Å². The summed E-state index contributed by atoms with van der Waals surface area (Å²) in [6.45, 7) is 3.93. The maximum Gasteiger partial charge on any atom is 0.407 e. The van der Waals surface area contributed by atoms with Gasteiger partial charge in [-0.3, -0.25) is 9.69 Å². The zero-order valence-corrected chi connectivity index (χ0v) is 23.3. The van der Waals surface area contributed by atoms with Gasteiger partial charge >= 0.3 is 12.1 Å². The molecule has 3 N–H and O–H groups in total. The van der Waals surface area contributed by atoms with Gasteiger partial charge in [-0.05, 0) is 47.1 Å². The van der Waals surface area contributed by atoms with Crippen LogP contribution in [-0.2, 0) is 20.9 Å². The Balaban J connectivity index is 1.13. The summed E-state index contributed by atoms with van der Waals surface area (Å²) in [6, 6.07) is 25.8. The number of likely N-dealkylation sites (tertiary alicyclic amines) is 1. The monoisotopic (exact) mass is 555 g/mol. The molecule has 0 bridgehead atoms. The van der Waals surface area contributed by atoms with E-state index in [9.17, 15) is 19.5 Å². The Morgan fingerprint density at radius 2 is 1.51 bits per heavy atom. The van der Waals surface area contributed by atoms with Gasteiger partial charge in [0, 0.05) is 38.0 Å². The molecule has 0 spiro atoms. The van der Waals surface area contributed by atoms with Crippen molar-refractivity contribution in [3.63, 3.8) is 0 Å². The molecule has 3 aromatic rings. The number of amides is 2. The zero-order valence-electron chi connectivity index (χ0n) is 23.3. The number of ether oxygens (including phenoxy) is 1. The molecular weight excluding hydrogens is 518 g/mol. The first-order valence-corrected chi connectivity index (χ1v) is 14.3. The summed E-state index contributed by atoms with van der Waals surface area (Å²) in [6.07, 6.45) is 0.523. The normalized spacial score (nSPS) is 16.7. The number of benzene rings is 3. The largest absolute Gasteiger partial charge is 0.480 e. The maximum atomic E-state index is 13.0. The molecule has 2 amide bonds. The summed E-state index contributed by atoms with van der Waals surface area (Å²) >= 11 is 0. The Hall–Kier alpha value is -4.17. The van der Waals surface area contributed by atoms with E-state index in [2.05, 4.69) is 51.9 Å². The van der Waals surface area contributed by atoms with Crippen LogP contribution < -0.4 is 10.6 Å². The Morgan fingerprint density at radius 3 is 2.10 bits per heavy atom. The Morgan fingerprint density at radius 1 is 0.927 bits per heavy atom. The van der Waals surface area contributed by atoms with Gasteiger partial charge in [0.2, 0.25) is 5.91 Å². The molecule has 1 atom stereocenters. The number of hydrogen-bond acceptors (Lipinski definition) is 5. The van der Waals surface area contributed by atoms with E-state index in [1.165, 1.54) is 5.56 Å². The molecule has 0 radical (unpaired) electrons. The second-order valence-electron chi connectivity index (χ2n) is 11.0. The predicted octanol–water partition coefficient (Wildman–Crippen LogP) is 4.93. The molecule has 1 aliphatic heterocycles. The van der Waals surface area contributed by atoms with Crippen LogP contribution in [0.4, 0.5) is 4.79 Å². The van der Waals surface area contributed by atoms with Crippen LogP contribution in [0.3, 0.4) is 0 Å². The Labute approximate surface area is 240 Å². The zero-order chi connectivity index (χ0) is 28.8. The number of hydrogen-bond donors (Lipinski definition) is 3. The third-order valence-electron chi connectivity index (χ3n) is 8.34. The number of carboxylic acid groups (broad SMARTS) is 1. The molecule has 2 aliphatic rings. The van der Waals surface area contributed by atoms with Gasteiger partial charge in [0.15, 0.2) is 0 Å². The fourth-order valence-corrected chi connectivity index (χ4v) is 5.97. The van der Waals surface area contributed by atoms with E-state index in [-0.39, 0.29) is 18.9 Å². The van der Waals surface area contributed by atoms with Crippen molar-refractivity contribution in [1.29, 1.82) is 0 Å². The van der Waals surface area contributed by atoms with Gasteiger partial charge in [0.25, 0.3) is 0 Å². The van der Waals surface area contributed by atoms with Crippen LogP contribution in [0.1, 0.15) is 55.2 Å². The van der Waals surface area contributed by atoms with Crippen molar-refractivity contribution in [2.75, 3.05) is 19.7 Å². The average molecular weight is 556 g/mol. The summed E-state index contributed by atoms with van der Waals surface area (Å²) in [5.74, 6) is -1.47. The van der Waals surface area contributed by atoms with Gasteiger partial charge in [-0.2, -0.15) is 0 Å². The van der Waals surface area contributed by atoms with Crippen LogP contribution in [0.25, 0.3) is 11.1 Å². The summed E-state index contributed by atoms with van der Waals surface area (Å²) in [4.78, 5) is 40.2. The van der Waals surface area contributed by atoms with Crippen molar-refractivity contribution in [3.8, 4) is 11.1 Å². The van der Waals surface area contributed by atoms with Crippen molar-refractivity contribution >= 4 is 18.0 Å². The molecule has 5 rings (SSSR count). The van der Waals surface area contributed by atoms with Crippen molar-refractivity contribution in [2.24, 2.45) is 0 Å². The van der Waals surface area contributed by atoms with Gasteiger partial charge in [-0.15, -0.1) is 0 Å². The highest BCUT2D eigenvalue weighted by Crippen LogP contribution is 2.44. The highest BCUT2D eigenvalue weighted by Gasteiger charge is 2.43. The molecule has 8 nitrogen and oxygen atoms in total. The number of fused-ring (bicyclic) bond motifs is 3. The van der Waals surface area contributed by atoms with E-state index in [1.807, 2.05) is 49.4 Å². The second kappa shape index (κ2) is 12.6. The number of carbonyl (C=O) groups is 3. The summed E-state index contributed by atoms with van der Waals surface area (Å²) < 4.78 is 5.64. The van der Waals surface area contributed by atoms with Crippen LogP contribution in [-0.4, -0.2) is 59.3 Å². The fourth-order valence-electron chi connectivity index (χ4n) is 5.97. The lowest BCUT2D eigenvalue weighted by molar-refractivity contribution is -0.150. The molecular formula is C33H37N3O5. The van der Waals surface area contributed by atoms with E-state index in [4.69, 9.17) is 4.74 Å². The van der Waals surface area contributed by atoms with Gasteiger partial charge in [0.1, 0.15) is 12.1 Å². The predicted molar refractivity (Wildman–Crippen MR) is 156 cm³/mol. The van der Waals surface area contributed by atoms with Crippen LogP contribution in [0.15, 0.2) is 78.9 Å². The number of carboxylic acids is 1. The molecule has 41 heavy (non-hydrogen) atoms. The van der Waals surface area contributed by atoms with Crippen LogP contribution >= 0.6 is 0 Å². The number of nitrogens with zero attached hydrogens (tertiary/aromatic N) is 1. The minimum absolute atomic E-state index is 0.0244. The first kappa shape index (κ1) is 28.4. The number of carbonyl (C=O) groups excluding carboxylic acids is 2. The summed E-state index contributed by atoms with van der Waals surface area (Å²) in [5.41, 5.74) is 4.41. The minimum atomic E-state index is -1.31. The lowest BCUT2D eigenvalue weighted by atomic mass is 9.87. The Bertz CT molecular complexity index is 1340. The lowest BCUT2D eigenvalue weighted by Crippen LogP contribution is -2.60. The van der Waals surface area contributed by atoms with Crippen molar-refractivity contribution in [1.82, 2.24) is 15.5 Å². The third-order valence-corrected chi connectivity index (χ3v) is 8.34. The van der Waals surface area contributed by atoms with Gasteiger partial charge in [-0.25, -0.2) is 9.59 Å². The number of nitrogens with one attached hydrogen (secondary N) is 2. The van der Waals surface area contributed by atoms with E-state index in [0.29, 0.717) is 32.4 Å². The highest BCUT2D eigenvalue weighted by molar-refractivity contribution is 5.87. The SMILES string of the molecule is CCC(CC(=O)NC1(C(=O)O)CCN(Cc2ccccc2)CC1)NC(=O)OCC1c2ccccc2-c2ccccc21. The third kappa shape index (κ3) is 6.43. The first-order valence-electron chi connectivity index (χ1n) is 14.3. The molecule has 1 saturated heterocycles. The first-order chi connectivity index (χ1) is 19.9. The van der Waals surface area contributed by atoms with Crippen LogP contribution in [0, 0.1) is 0 Å².